The lowest BCUT2D eigenvalue weighted by Crippen LogP contribution is -2.40. The summed E-state index contributed by atoms with van der Waals surface area (Å²) < 4.78 is 14.7. The van der Waals surface area contributed by atoms with Crippen LogP contribution in [0.1, 0.15) is 47.2 Å². The quantitative estimate of drug-likeness (QED) is 0.699. The molecule has 6 nitrogen and oxygen atoms in total. The zero-order valence-corrected chi connectivity index (χ0v) is 16.8. The fraction of sp³-hybridized carbons (Fsp3) is 0.227. The molecule has 0 atom stereocenters. The van der Waals surface area contributed by atoms with Gasteiger partial charge in [0.25, 0.3) is 11.8 Å². The van der Waals surface area contributed by atoms with E-state index in [0.29, 0.717) is 28.2 Å². The van der Waals surface area contributed by atoms with Crippen LogP contribution in [-0.2, 0) is 0 Å². The number of aromatic nitrogens is 2. The molecule has 0 aliphatic rings. The standard InChI is InChI=1S/C22H23FN4O2/c1-14-18(13-24-27(14)16-11-9-15(23)10-12-16)20(28)25-19-8-6-5-7-17(19)21(29)26-22(2,3)4/h5-13H,1-4H3,(H,25,28)(H,26,29). The molecule has 0 fully saturated rings. The van der Waals surface area contributed by atoms with E-state index in [4.69, 9.17) is 0 Å². The Bertz CT molecular complexity index is 1050. The van der Waals surface area contributed by atoms with Gasteiger partial charge in [0, 0.05) is 5.54 Å². The Morgan fingerprint density at radius 3 is 2.28 bits per heavy atom. The van der Waals surface area contributed by atoms with Gasteiger partial charge in [-0.15, -0.1) is 0 Å². The van der Waals surface area contributed by atoms with Gasteiger partial charge in [-0.25, -0.2) is 9.07 Å². The molecule has 0 unspecified atom stereocenters. The second-order valence-electron chi connectivity index (χ2n) is 7.74. The molecule has 0 aliphatic carbocycles. The van der Waals surface area contributed by atoms with Gasteiger partial charge in [-0.2, -0.15) is 5.10 Å². The van der Waals surface area contributed by atoms with Crippen molar-refractivity contribution in [2.75, 3.05) is 5.32 Å². The van der Waals surface area contributed by atoms with E-state index in [1.165, 1.54) is 18.3 Å². The maximum absolute atomic E-state index is 13.2. The average molecular weight is 394 g/mol. The molecule has 0 radical (unpaired) electrons. The predicted molar refractivity (Wildman–Crippen MR) is 110 cm³/mol. The third-order valence-corrected chi connectivity index (χ3v) is 4.23. The summed E-state index contributed by atoms with van der Waals surface area (Å²) in [5.41, 5.74) is 1.99. The number of para-hydroxylation sites is 1. The van der Waals surface area contributed by atoms with E-state index in [2.05, 4.69) is 15.7 Å². The molecule has 0 bridgehead atoms. The number of nitrogens with one attached hydrogen (secondary N) is 2. The minimum Gasteiger partial charge on any atom is -0.347 e. The molecule has 2 aromatic carbocycles. The number of halogens is 1. The lowest BCUT2D eigenvalue weighted by Gasteiger charge is -2.21. The Hall–Kier alpha value is -3.48. The summed E-state index contributed by atoms with van der Waals surface area (Å²) in [5, 5.41) is 9.93. The molecule has 150 valence electrons. The fourth-order valence-electron chi connectivity index (χ4n) is 2.86. The van der Waals surface area contributed by atoms with E-state index in [1.807, 2.05) is 20.8 Å². The van der Waals surface area contributed by atoms with Crippen LogP contribution in [0.3, 0.4) is 0 Å². The number of carbonyl (C=O) groups is 2. The number of amides is 2. The number of nitrogens with zero attached hydrogens (tertiary/aromatic N) is 2. The van der Waals surface area contributed by atoms with Crippen LogP contribution in [0.2, 0.25) is 0 Å². The predicted octanol–water partition coefficient (Wildman–Crippen LogP) is 4.10. The van der Waals surface area contributed by atoms with Crippen molar-refractivity contribution in [2.24, 2.45) is 0 Å². The van der Waals surface area contributed by atoms with Crippen molar-refractivity contribution >= 4 is 17.5 Å². The summed E-state index contributed by atoms with van der Waals surface area (Å²) >= 11 is 0. The Balaban J connectivity index is 1.85. The fourth-order valence-corrected chi connectivity index (χ4v) is 2.86. The minimum absolute atomic E-state index is 0.271. The molecule has 0 spiro atoms. The van der Waals surface area contributed by atoms with E-state index in [-0.39, 0.29) is 17.6 Å². The number of hydrogen-bond donors (Lipinski definition) is 2. The van der Waals surface area contributed by atoms with E-state index < -0.39 is 5.54 Å². The lowest BCUT2D eigenvalue weighted by atomic mass is 10.1. The van der Waals surface area contributed by atoms with Crippen molar-refractivity contribution in [1.29, 1.82) is 0 Å². The van der Waals surface area contributed by atoms with Crippen molar-refractivity contribution in [3.8, 4) is 5.69 Å². The SMILES string of the molecule is Cc1c(C(=O)Nc2ccccc2C(=O)NC(C)(C)C)cnn1-c1ccc(F)cc1. The van der Waals surface area contributed by atoms with Crippen LogP contribution in [0, 0.1) is 12.7 Å². The zero-order valence-electron chi connectivity index (χ0n) is 16.8. The van der Waals surface area contributed by atoms with Crippen LogP contribution in [0.5, 0.6) is 0 Å². The topological polar surface area (TPSA) is 76.0 Å². The Kier molecular flexibility index (Phi) is 5.50. The zero-order chi connectivity index (χ0) is 21.2. The van der Waals surface area contributed by atoms with Gasteiger partial charge in [-0.1, -0.05) is 12.1 Å². The smallest absolute Gasteiger partial charge is 0.259 e. The summed E-state index contributed by atoms with van der Waals surface area (Å²) in [6, 6.07) is 12.7. The van der Waals surface area contributed by atoms with Gasteiger partial charge in [0.2, 0.25) is 0 Å². The van der Waals surface area contributed by atoms with Gasteiger partial charge in [0.1, 0.15) is 5.82 Å². The Morgan fingerprint density at radius 1 is 0.966 bits per heavy atom. The summed E-state index contributed by atoms with van der Waals surface area (Å²) in [4.78, 5) is 25.4. The first kappa shape index (κ1) is 20.3. The molecule has 3 aromatic rings. The third-order valence-electron chi connectivity index (χ3n) is 4.23. The molecule has 2 N–H and O–H groups in total. The highest BCUT2D eigenvalue weighted by atomic mass is 19.1. The van der Waals surface area contributed by atoms with Crippen LogP contribution in [0.25, 0.3) is 5.69 Å². The van der Waals surface area contributed by atoms with Crippen molar-refractivity contribution in [3.05, 3.63) is 77.4 Å². The maximum Gasteiger partial charge on any atom is 0.259 e. The first-order chi connectivity index (χ1) is 13.7. The van der Waals surface area contributed by atoms with E-state index in [1.54, 1.807) is 48.0 Å². The summed E-state index contributed by atoms with van der Waals surface area (Å²) in [6.07, 6.45) is 1.45. The highest BCUT2D eigenvalue weighted by Crippen LogP contribution is 2.20. The molecule has 0 aliphatic heterocycles. The third kappa shape index (κ3) is 4.68. The monoisotopic (exact) mass is 394 g/mol. The van der Waals surface area contributed by atoms with Gasteiger partial charge in [0.15, 0.2) is 0 Å². The molecular formula is C22H23FN4O2. The van der Waals surface area contributed by atoms with E-state index in [9.17, 15) is 14.0 Å². The molecular weight excluding hydrogens is 371 g/mol. The van der Waals surface area contributed by atoms with Crippen LogP contribution in [0.4, 0.5) is 10.1 Å². The van der Waals surface area contributed by atoms with Crippen LogP contribution in [0.15, 0.2) is 54.7 Å². The van der Waals surface area contributed by atoms with Gasteiger partial charge in [0.05, 0.1) is 34.4 Å². The van der Waals surface area contributed by atoms with Gasteiger partial charge >= 0.3 is 0 Å². The highest BCUT2D eigenvalue weighted by Gasteiger charge is 2.20. The normalized spacial score (nSPS) is 11.2. The van der Waals surface area contributed by atoms with Crippen LogP contribution in [-0.4, -0.2) is 27.1 Å². The molecule has 0 saturated heterocycles. The first-order valence-electron chi connectivity index (χ1n) is 9.19. The molecule has 1 aromatic heterocycles. The first-order valence-corrected chi connectivity index (χ1v) is 9.19. The minimum atomic E-state index is -0.402. The van der Waals surface area contributed by atoms with Crippen molar-refractivity contribution in [1.82, 2.24) is 15.1 Å². The second-order valence-corrected chi connectivity index (χ2v) is 7.74. The van der Waals surface area contributed by atoms with Crippen molar-refractivity contribution in [2.45, 2.75) is 33.2 Å². The average Bonchev–Trinajstić information content (AvgIpc) is 3.03. The number of anilines is 1. The molecule has 7 heteroatoms. The van der Waals surface area contributed by atoms with Crippen LogP contribution < -0.4 is 10.6 Å². The Morgan fingerprint density at radius 2 is 1.62 bits per heavy atom. The lowest BCUT2D eigenvalue weighted by molar-refractivity contribution is 0.0920. The molecule has 29 heavy (non-hydrogen) atoms. The number of benzene rings is 2. The Labute approximate surface area is 168 Å². The van der Waals surface area contributed by atoms with Gasteiger partial charge in [-0.05, 0) is 64.1 Å². The second kappa shape index (κ2) is 7.87. The van der Waals surface area contributed by atoms with Crippen LogP contribution >= 0.6 is 0 Å². The number of hydrogen-bond acceptors (Lipinski definition) is 3. The number of carbonyl (C=O) groups excluding carboxylic acids is 2. The maximum atomic E-state index is 13.2. The molecule has 0 saturated carbocycles. The summed E-state index contributed by atoms with van der Waals surface area (Å²) in [5.74, 6) is -0.999. The van der Waals surface area contributed by atoms with E-state index in [0.717, 1.165) is 0 Å². The van der Waals surface area contributed by atoms with E-state index >= 15 is 0 Å². The number of rotatable bonds is 4. The van der Waals surface area contributed by atoms with Crippen molar-refractivity contribution < 1.29 is 14.0 Å². The van der Waals surface area contributed by atoms with Crippen molar-refractivity contribution in [3.63, 3.8) is 0 Å². The summed E-state index contributed by atoms with van der Waals surface area (Å²) in [7, 11) is 0. The van der Waals surface area contributed by atoms with Gasteiger partial charge in [-0.3, -0.25) is 9.59 Å². The summed E-state index contributed by atoms with van der Waals surface area (Å²) in [6.45, 7) is 7.42. The molecule has 3 rings (SSSR count). The highest BCUT2D eigenvalue weighted by molar-refractivity contribution is 6.09. The largest absolute Gasteiger partial charge is 0.347 e. The van der Waals surface area contributed by atoms with Gasteiger partial charge < -0.3 is 10.6 Å². The molecule has 1 heterocycles. The molecule has 2 amide bonds.